The molecule has 1 aliphatic heterocycles. The number of nitrogens with one attached hydrogen (secondary N) is 3. The van der Waals surface area contributed by atoms with Gasteiger partial charge in [-0.15, -0.1) is 0 Å². The third-order valence-corrected chi connectivity index (χ3v) is 4.88. The lowest BCUT2D eigenvalue weighted by atomic mass is 9.87. The van der Waals surface area contributed by atoms with Gasteiger partial charge in [-0.2, -0.15) is 0 Å². The first kappa shape index (κ1) is 19.2. The molecule has 0 aromatic heterocycles. The highest BCUT2D eigenvalue weighted by atomic mass is 19.1. The number of rotatable bonds is 6. The van der Waals surface area contributed by atoms with Crippen LogP contribution in [0.15, 0.2) is 48.5 Å². The Kier molecular flexibility index (Phi) is 6.65. The summed E-state index contributed by atoms with van der Waals surface area (Å²) in [6.45, 7) is 1.49. The van der Waals surface area contributed by atoms with Crippen molar-refractivity contribution in [2.24, 2.45) is 5.92 Å². The Bertz CT molecular complexity index is 751. The molecule has 0 unspecified atom stereocenters. The number of hydrogen-bond donors (Lipinski definition) is 3. The van der Waals surface area contributed by atoms with Crippen LogP contribution in [0.2, 0.25) is 0 Å². The number of anilines is 1. The molecule has 3 N–H and O–H groups in total. The van der Waals surface area contributed by atoms with Crippen LogP contribution in [0.5, 0.6) is 5.75 Å². The number of benzene rings is 2. The predicted molar refractivity (Wildman–Crippen MR) is 105 cm³/mol. The highest BCUT2D eigenvalue weighted by molar-refractivity contribution is 5.89. The maximum absolute atomic E-state index is 13.0. The number of amides is 2. The van der Waals surface area contributed by atoms with E-state index >= 15 is 0 Å². The third-order valence-electron chi connectivity index (χ3n) is 4.88. The van der Waals surface area contributed by atoms with Crippen molar-refractivity contribution in [2.75, 3.05) is 25.5 Å². The Balaban J connectivity index is 1.44. The second-order valence-corrected chi connectivity index (χ2v) is 6.94. The first-order valence-corrected chi connectivity index (χ1v) is 9.29. The molecule has 0 spiro atoms. The summed E-state index contributed by atoms with van der Waals surface area (Å²) in [4.78, 5) is 12.1. The van der Waals surface area contributed by atoms with E-state index in [1.807, 2.05) is 30.3 Å². The molecule has 0 bridgehead atoms. The first-order valence-electron chi connectivity index (χ1n) is 9.29. The third kappa shape index (κ3) is 5.96. The smallest absolute Gasteiger partial charge is 0.319 e. The summed E-state index contributed by atoms with van der Waals surface area (Å²) in [5.41, 5.74) is 1.85. The molecule has 1 heterocycles. The number of carbonyl (C=O) groups is 1. The molecule has 3 rings (SSSR count). The zero-order valence-corrected chi connectivity index (χ0v) is 15.5. The summed E-state index contributed by atoms with van der Waals surface area (Å²) in [5, 5.41) is 9.21. The Morgan fingerprint density at radius 2 is 2.07 bits per heavy atom. The highest BCUT2D eigenvalue weighted by Crippen LogP contribution is 2.21. The molecular formula is C21H26FN3O2. The summed E-state index contributed by atoms with van der Waals surface area (Å²) < 4.78 is 18.2. The van der Waals surface area contributed by atoms with E-state index < -0.39 is 0 Å². The van der Waals surface area contributed by atoms with Crippen LogP contribution in [0.25, 0.3) is 0 Å². The van der Waals surface area contributed by atoms with Crippen LogP contribution < -0.4 is 20.7 Å². The van der Waals surface area contributed by atoms with Gasteiger partial charge >= 0.3 is 6.03 Å². The maximum Gasteiger partial charge on any atom is 0.319 e. The maximum atomic E-state index is 13.0. The molecule has 2 amide bonds. The predicted octanol–water partition coefficient (Wildman–Crippen LogP) is 3.57. The Labute approximate surface area is 159 Å². The van der Waals surface area contributed by atoms with Gasteiger partial charge in [-0.3, -0.25) is 0 Å². The molecule has 1 fully saturated rings. The lowest BCUT2D eigenvalue weighted by molar-refractivity contribution is 0.246. The quantitative estimate of drug-likeness (QED) is 0.727. The van der Waals surface area contributed by atoms with Crippen LogP contribution in [0.4, 0.5) is 14.9 Å². The molecule has 0 aliphatic carbocycles. The number of carbonyl (C=O) groups excluding carboxylic acids is 1. The molecule has 0 radical (unpaired) electrons. The minimum absolute atomic E-state index is 0.201. The summed E-state index contributed by atoms with van der Waals surface area (Å²) in [6, 6.07) is 14.0. The zero-order valence-electron chi connectivity index (χ0n) is 15.5. The fourth-order valence-electron chi connectivity index (χ4n) is 3.48. The van der Waals surface area contributed by atoms with Gasteiger partial charge in [0.25, 0.3) is 0 Å². The van der Waals surface area contributed by atoms with Crippen molar-refractivity contribution in [3.63, 3.8) is 0 Å². The van der Waals surface area contributed by atoms with Gasteiger partial charge in [0.05, 0.1) is 7.11 Å². The van der Waals surface area contributed by atoms with E-state index in [1.54, 1.807) is 13.2 Å². The van der Waals surface area contributed by atoms with Crippen LogP contribution in [0.1, 0.15) is 18.4 Å². The molecule has 2 aromatic carbocycles. The van der Waals surface area contributed by atoms with Crippen molar-refractivity contribution in [2.45, 2.75) is 25.3 Å². The standard InChI is InChI=1S/C21H26FN3O2/c1-27-20-4-2-3-18(13-20)25-21(26)24-14-19-12-16(9-10-23-19)11-15-5-7-17(22)8-6-15/h2-8,13,16,19,23H,9-12,14H2,1H3,(H2,24,25,26)/t16-,19+/m0/s1. The van der Waals surface area contributed by atoms with Crippen molar-refractivity contribution >= 4 is 11.7 Å². The van der Waals surface area contributed by atoms with E-state index in [9.17, 15) is 9.18 Å². The van der Waals surface area contributed by atoms with Crippen LogP contribution in [0, 0.1) is 11.7 Å². The van der Waals surface area contributed by atoms with Crippen molar-refractivity contribution < 1.29 is 13.9 Å². The van der Waals surface area contributed by atoms with Crippen LogP contribution in [-0.2, 0) is 6.42 Å². The average Bonchev–Trinajstić information content (AvgIpc) is 2.69. The normalized spacial score (nSPS) is 19.3. The summed E-state index contributed by atoms with van der Waals surface area (Å²) in [6.07, 6.45) is 3.01. The number of hydrogen-bond acceptors (Lipinski definition) is 3. The monoisotopic (exact) mass is 371 g/mol. The molecule has 6 heteroatoms. The number of halogens is 1. The number of urea groups is 1. The first-order chi connectivity index (χ1) is 13.1. The Hall–Kier alpha value is -2.60. The van der Waals surface area contributed by atoms with E-state index in [4.69, 9.17) is 4.74 Å². The van der Waals surface area contributed by atoms with E-state index in [1.165, 1.54) is 12.1 Å². The molecule has 1 saturated heterocycles. The fourth-order valence-corrected chi connectivity index (χ4v) is 3.48. The number of piperidine rings is 1. The lowest BCUT2D eigenvalue weighted by Gasteiger charge is -2.30. The van der Waals surface area contributed by atoms with Gasteiger partial charge in [-0.05, 0) is 61.6 Å². The largest absolute Gasteiger partial charge is 0.497 e. The Morgan fingerprint density at radius 1 is 1.26 bits per heavy atom. The van der Waals surface area contributed by atoms with Gasteiger partial charge in [0.15, 0.2) is 0 Å². The molecule has 0 saturated carbocycles. The summed E-state index contributed by atoms with van der Waals surface area (Å²) in [5.74, 6) is 1.03. The van der Waals surface area contributed by atoms with Gasteiger partial charge < -0.3 is 20.7 Å². The average molecular weight is 371 g/mol. The topological polar surface area (TPSA) is 62.4 Å². The summed E-state index contributed by atoms with van der Waals surface area (Å²) >= 11 is 0. The molecule has 144 valence electrons. The second-order valence-electron chi connectivity index (χ2n) is 6.94. The molecule has 2 aromatic rings. The van der Waals surface area contributed by atoms with Crippen molar-refractivity contribution in [1.82, 2.24) is 10.6 Å². The number of ether oxygens (including phenoxy) is 1. The van der Waals surface area contributed by atoms with Gasteiger partial charge in [-0.1, -0.05) is 18.2 Å². The lowest BCUT2D eigenvalue weighted by Crippen LogP contribution is -2.47. The van der Waals surface area contributed by atoms with Crippen LogP contribution in [-0.4, -0.2) is 32.3 Å². The van der Waals surface area contributed by atoms with Crippen molar-refractivity contribution in [3.05, 3.63) is 59.9 Å². The minimum atomic E-state index is -0.231. The molecule has 1 aliphatic rings. The second kappa shape index (κ2) is 9.37. The van der Waals surface area contributed by atoms with E-state index in [0.29, 0.717) is 23.9 Å². The van der Waals surface area contributed by atoms with Gasteiger partial charge in [0, 0.05) is 24.3 Å². The van der Waals surface area contributed by atoms with Crippen LogP contribution in [0.3, 0.4) is 0 Å². The van der Waals surface area contributed by atoms with E-state index in [0.717, 1.165) is 31.4 Å². The molecular weight excluding hydrogens is 345 g/mol. The highest BCUT2D eigenvalue weighted by Gasteiger charge is 2.22. The van der Waals surface area contributed by atoms with E-state index in [-0.39, 0.29) is 17.9 Å². The van der Waals surface area contributed by atoms with Gasteiger partial charge in [-0.25, -0.2) is 9.18 Å². The van der Waals surface area contributed by atoms with Crippen LogP contribution >= 0.6 is 0 Å². The molecule has 27 heavy (non-hydrogen) atoms. The zero-order chi connectivity index (χ0) is 19.1. The fraction of sp³-hybridized carbons (Fsp3) is 0.381. The molecule has 5 nitrogen and oxygen atoms in total. The molecule has 2 atom stereocenters. The Morgan fingerprint density at radius 3 is 2.85 bits per heavy atom. The van der Waals surface area contributed by atoms with E-state index in [2.05, 4.69) is 16.0 Å². The summed E-state index contributed by atoms with van der Waals surface area (Å²) in [7, 11) is 1.59. The van der Waals surface area contributed by atoms with Crippen molar-refractivity contribution in [3.8, 4) is 5.75 Å². The SMILES string of the molecule is COc1cccc(NC(=O)NC[C@H]2C[C@H](Cc3ccc(F)cc3)CCN2)c1. The van der Waals surface area contributed by atoms with Gasteiger partial charge in [0.2, 0.25) is 0 Å². The van der Waals surface area contributed by atoms with Gasteiger partial charge in [0.1, 0.15) is 11.6 Å². The number of methoxy groups -OCH3 is 1. The minimum Gasteiger partial charge on any atom is -0.497 e. The van der Waals surface area contributed by atoms with Crippen molar-refractivity contribution in [1.29, 1.82) is 0 Å².